The molecule has 1 aromatic carbocycles. The van der Waals surface area contributed by atoms with Gasteiger partial charge in [0.05, 0.1) is 17.2 Å². The second-order valence-corrected chi connectivity index (χ2v) is 6.77. The van der Waals surface area contributed by atoms with Gasteiger partial charge >= 0.3 is 0 Å². The highest BCUT2D eigenvalue weighted by molar-refractivity contribution is 6.35. The average molecular weight is 301 g/mol. The summed E-state index contributed by atoms with van der Waals surface area (Å²) in [5, 5.41) is 14.6. The Balaban J connectivity index is 1.94. The smallest absolute Gasteiger partial charge is 0.119 e. The quantitative estimate of drug-likeness (QED) is 0.822. The number of piperidine rings is 1. The lowest BCUT2D eigenvalue weighted by Gasteiger charge is -2.46. The molecule has 1 heterocycles. The fourth-order valence-corrected chi connectivity index (χ4v) is 4.40. The summed E-state index contributed by atoms with van der Waals surface area (Å²) in [7, 11) is 0. The Hall–Kier alpha value is -0.280. The molecule has 2 aliphatic rings. The van der Waals surface area contributed by atoms with Crippen LogP contribution in [-0.2, 0) is 0 Å². The maximum atomic E-state index is 10.9. The van der Waals surface area contributed by atoms with Gasteiger partial charge < -0.3 is 10.4 Å². The molecule has 19 heavy (non-hydrogen) atoms. The lowest BCUT2D eigenvalue weighted by molar-refractivity contribution is -0.719. The molecule has 3 N–H and O–H groups in total. The zero-order valence-corrected chi connectivity index (χ0v) is 12.4. The summed E-state index contributed by atoms with van der Waals surface area (Å²) in [5.41, 5.74) is 0.636. The average Bonchev–Trinajstić information content (AvgIpc) is 2.37. The first-order valence-electron chi connectivity index (χ1n) is 7.11. The number of benzene rings is 1. The van der Waals surface area contributed by atoms with Crippen molar-refractivity contribution in [3.63, 3.8) is 0 Å². The fraction of sp³-hybridized carbons (Fsp3) is 0.600. The minimum atomic E-state index is -0.485. The van der Waals surface area contributed by atoms with Crippen LogP contribution in [0.15, 0.2) is 18.2 Å². The molecule has 1 saturated heterocycles. The second kappa shape index (κ2) is 5.25. The summed E-state index contributed by atoms with van der Waals surface area (Å²) in [5.74, 6) is 0.314. The van der Waals surface area contributed by atoms with E-state index in [2.05, 4.69) is 5.32 Å². The third-order valence-corrected chi connectivity index (χ3v) is 5.38. The molecule has 0 spiro atoms. The van der Waals surface area contributed by atoms with Crippen molar-refractivity contribution in [2.45, 2.75) is 43.7 Å². The highest BCUT2D eigenvalue weighted by Gasteiger charge is 2.48. The first-order chi connectivity index (χ1) is 9.10. The highest BCUT2D eigenvalue weighted by Crippen LogP contribution is 2.44. The van der Waals surface area contributed by atoms with E-state index < -0.39 is 5.60 Å². The van der Waals surface area contributed by atoms with Crippen LogP contribution >= 0.6 is 23.2 Å². The second-order valence-electron chi connectivity index (χ2n) is 5.92. The highest BCUT2D eigenvalue weighted by atomic mass is 35.5. The van der Waals surface area contributed by atoms with Crippen molar-refractivity contribution in [2.24, 2.45) is 5.92 Å². The Bertz CT molecular complexity index is 475. The van der Waals surface area contributed by atoms with Gasteiger partial charge in [0.25, 0.3) is 0 Å². The van der Waals surface area contributed by atoms with Crippen LogP contribution in [-0.4, -0.2) is 17.3 Å². The van der Waals surface area contributed by atoms with Crippen LogP contribution in [0.25, 0.3) is 0 Å². The van der Waals surface area contributed by atoms with Crippen molar-refractivity contribution in [3.8, 4) is 0 Å². The monoisotopic (exact) mass is 300 g/mol. The van der Waals surface area contributed by atoms with Gasteiger partial charge in [0.1, 0.15) is 6.04 Å². The predicted octanol–water partition coefficient (Wildman–Crippen LogP) is 2.92. The Morgan fingerprint density at radius 2 is 2.05 bits per heavy atom. The van der Waals surface area contributed by atoms with Crippen LogP contribution in [0.3, 0.4) is 0 Å². The Labute approximate surface area is 124 Å². The van der Waals surface area contributed by atoms with E-state index in [0.717, 1.165) is 42.8 Å². The molecule has 2 fully saturated rings. The zero-order chi connectivity index (χ0) is 13.5. The summed E-state index contributed by atoms with van der Waals surface area (Å²) in [4.78, 5) is 0. The van der Waals surface area contributed by atoms with Crippen LogP contribution in [0, 0.1) is 5.92 Å². The largest absolute Gasteiger partial charge is 0.389 e. The maximum absolute atomic E-state index is 10.9. The van der Waals surface area contributed by atoms with E-state index in [9.17, 15) is 5.11 Å². The van der Waals surface area contributed by atoms with E-state index in [0.29, 0.717) is 10.9 Å². The molecule has 0 aromatic heterocycles. The number of aliphatic hydroxyl groups is 1. The number of hydrogen-bond donors (Lipinski definition) is 2. The molecule has 0 amide bonds. The van der Waals surface area contributed by atoms with Gasteiger partial charge in [-0.15, -0.1) is 0 Å². The SMILES string of the molecule is OC12CCCCC1C(c1ccc(Cl)cc1Cl)[NH2+]CC2. The zero-order valence-electron chi connectivity index (χ0n) is 10.9. The van der Waals surface area contributed by atoms with E-state index in [1.165, 1.54) is 6.42 Å². The molecule has 3 rings (SSSR count). The number of hydrogen-bond acceptors (Lipinski definition) is 1. The molecular formula is C15H20Cl2NO+. The van der Waals surface area contributed by atoms with Crippen LogP contribution in [0.4, 0.5) is 0 Å². The van der Waals surface area contributed by atoms with E-state index in [4.69, 9.17) is 23.2 Å². The van der Waals surface area contributed by atoms with E-state index in [-0.39, 0.29) is 6.04 Å². The molecule has 1 aliphatic heterocycles. The Morgan fingerprint density at radius 3 is 2.84 bits per heavy atom. The molecule has 0 bridgehead atoms. The Morgan fingerprint density at radius 1 is 1.21 bits per heavy atom. The summed E-state index contributed by atoms with van der Waals surface area (Å²) >= 11 is 12.3. The minimum Gasteiger partial charge on any atom is -0.389 e. The maximum Gasteiger partial charge on any atom is 0.119 e. The molecular weight excluding hydrogens is 281 g/mol. The van der Waals surface area contributed by atoms with Crippen LogP contribution < -0.4 is 5.32 Å². The minimum absolute atomic E-state index is 0.267. The van der Waals surface area contributed by atoms with Crippen molar-refractivity contribution in [2.75, 3.05) is 6.54 Å². The molecule has 1 aromatic rings. The van der Waals surface area contributed by atoms with Crippen molar-refractivity contribution in [1.82, 2.24) is 0 Å². The van der Waals surface area contributed by atoms with Gasteiger partial charge in [-0.25, -0.2) is 0 Å². The molecule has 1 aliphatic carbocycles. The summed E-state index contributed by atoms with van der Waals surface area (Å²) in [6, 6.07) is 5.99. The van der Waals surface area contributed by atoms with Gasteiger partial charge in [0.15, 0.2) is 0 Å². The molecule has 3 unspecified atom stereocenters. The third-order valence-electron chi connectivity index (χ3n) is 4.82. The van der Waals surface area contributed by atoms with Crippen molar-refractivity contribution < 1.29 is 10.4 Å². The molecule has 2 nitrogen and oxygen atoms in total. The first-order valence-corrected chi connectivity index (χ1v) is 7.86. The van der Waals surface area contributed by atoms with Gasteiger partial charge in [0.2, 0.25) is 0 Å². The molecule has 1 saturated carbocycles. The number of quaternary nitrogens is 1. The van der Waals surface area contributed by atoms with Gasteiger partial charge in [-0.1, -0.05) is 42.1 Å². The van der Waals surface area contributed by atoms with Gasteiger partial charge in [0, 0.05) is 22.9 Å². The Kier molecular flexibility index (Phi) is 3.78. The molecule has 0 radical (unpaired) electrons. The summed E-state index contributed by atoms with van der Waals surface area (Å²) in [6.07, 6.45) is 5.29. The van der Waals surface area contributed by atoms with Crippen LogP contribution in [0.1, 0.15) is 43.7 Å². The molecule has 104 valence electrons. The third kappa shape index (κ3) is 2.52. The van der Waals surface area contributed by atoms with Crippen molar-refractivity contribution >= 4 is 23.2 Å². The van der Waals surface area contributed by atoms with Gasteiger partial charge in [-0.05, 0) is 25.0 Å². The standard InChI is InChI=1S/C15H19Cl2NO/c16-10-4-5-11(13(17)9-10)14-12-3-1-2-6-15(12,19)7-8-18-14/h4-5,9,12,14,18-19H,1-3,6-8H2/p+1. The predicted molar refractivity (Wildman–Crippen MR) is 77.5 cm³/mol. The topological polar surface area (TPSA) is 36.8 Å². The van der Waals surface area contributed by atoms with Crippen LogP contribution in [0.2, 0.25) is 10.0 Å². The molecule has 3 atom stereocenters. The first kappa shape index (κ1) is 13.7. The number of halogens is 2. The number of fused-ring (bicyclic) bond motifs is 1. The summed E-state index contributed by atoms with van der Waals surface area (Å²) in [6.45, 7) is 0.969. The lowest BCUT2D eigenvalue weighted by Crippen LogP contribution is -2.91. The van der Waals surface area contributed by atoms with E-state index in [1.807, 2.05) is 18.2 Å². The molecule has 4 heteroatoms. The number of nitrogens with two attached hydrogens (primary N) is 1. The normalized spacial score (nSPS) is 34.9. The van der Waals surface area contributed by atoms with E-state index in [1.54, 1.807) is 0 Å². The van der Waals surface area contributed by atoms with Crippen molar-refractivity contribution in [3.05, 3.63) is 33.8 Å². The van der Waals surface area contributed by atoms with Crippen molar-refractivity contribution in [1.29, 1.82) is 0 Å². The van der Waals surface area contributed by atoms with Gasteiger partial charge in [-0.2, -0.15) is 0 Å². The fourth-order valence-electron chi connectivity index (χ4n) is 3.87. The van der Waals surface area contributed by atoms with E-state index >= 15 is 0 Å². The van der Waals surface area contributed by atoms with Crippen LogP contribution in [0.5, 0.6) is 0 Å². The number of rotatable bonds is 1. The summed E-state index contributed by atoms with van der Waals surface area (Å²) < 4.78 is 0. The lowest BCUT2D eigenvalue weighted by atomic mass is 9.67. The van der Waals surface area contributed by atoms with Gasteiger partial charge in [-0.3, -0.25) is 0 Å².